The lowest BCUT2D eigenvalue weighted by molar-refractivity contribution is -0.122. The van der Waals surface area contributed by atoms with Crippen molar-refractivity contribution in [2.45, 2.75) is 13.0 Å². The van der Waals surface area contributed by atoms with Crippen molar-refractivity contribution >= 4 is 46.4 Å². The van der Waals surface area contributed by atoms with E-state index in [2.05, 4.69) is 20.1 Å². The molecule has 0 bridgehead atoms. The molecule has 2 fully saturated rings. The Morgan fingerprint density at radius 1 is 0.821 bits per heavy atom. The molecular weight excluding hydrogens is 500 g/mol. The van der Waals surface area contributed by atoms with Crippen LogP contribution in [0, 0.1) is 0 Å². The Kier molecular flexibility index (Phi) is 5.30. The summed E-state index contributed by atoms with van der Waals surface area (Å²) in [7, 11) is 0. The van der Waals surface area contributed by atoms with E-state index in [4.69, 9.17) is 4.98 Å². The van der Waals surface area contributed by atoms with E-state index in [-0.39, 0.29) is 24.1 Å². The molecule has 0 radical (unpaired) electrons. The molecule has 0 aliphatic carbocycles. The second-order valence-electron chi connectivity index (χ2n) is 9.85. The highest BCUT2D eigenvalue weighted by molar-refractivity contribution is 6.22. The fourth-order valence-electron chi connectivity index (χ4n) is 5.45. The number of fused-ring (bicyclic) bond motifs is 4. The summed E-state index contributed by atoms with van der Waals surface area (Å²) in [6, 6.07) is 14.4. The van der Waals surface area contributed by atoms with Gasteiger partial charge in [0.2, 0.25) is 11.7 Å². The Bertz CT molecular complexity index is 1690. The predicted molar refractivity (Wildman–Crippen MR) is 140 cm³/mol. The van der Waals surface area contributed by atoms with Gasteiger partial charge in [-0.1, -0.05) is 18.2 Å². The third-order valence-electron chi connectivity index (χ3n) is 7.47. The number of imide groups is 2. The maximum Gasteiger partial charge on any atom is 0.343 e. The van der Waals surface area contributed by atoms with Crippen molar-refractivity contribution in [1.29, 1.82) is 0 Å². The van der Waals surface area contributed by atoms with Gasteiger partial charge in [-0.05, 0) is 35.9 Å². The molecule has 2 aromatic carbocycles. The summed E-state index contributed by atoms with van der Waals surface area (Å²) in [4.78, 5) is 63.7. The van der Waals surface area contributed by atoms with Gasteiger partial charge < -0.3 is 4.90 Å². The number of anilines is 1. The van der Waals surface area contributed by atoms with Gasteiger partial charge in [-0.2, -0.15) is 9.99 Å². The Labute approximate surface area is 222 Å². The number of nitrogens with zero attached hydrogens (tertiary/aromatic N) is 7. The quantitative estimate of drug-likeness (QED) is 0.400. The third-order valence-corrected chi connectivity index (χ3v) is 7.47. The number of piperazine rings is 1. The number of aromatic nitrogens is 3. The van der Waals surface area contributed by atoms with Crippen LogP contribution < -0.4 is 10.2 Å². The molecular formula is C27H24N8O4. The van der Waals surface area contributed by atoms with Crippen LogP contribution in [0.2, 0.25) is 0 Å². The molecule has 0 spiro atoms. The highest BCUT2D eigenvalue weighted by atomic mass is 16.2. The van der Waals surface area contributed by atoms with Crippen molar-refractivity contribution in [3.05, 3.63) is 71.4 Å². The van der Waals surface area contributed by atoms with E-state index in [9.17, 15) is 19.2 Å². The number of urea groups is 1. The van der Waals surface area contributed by atoms with Crippen molar-refractivity contribution in [3.8, 4) is 0 Å². The second-order valence-corrected chi connectivity index (χ2v) is 9.85. The van der Waals surface area contributed by atoms with Gasteiger partial charge in [-0.25, -0.2) is 14.8 Å². The molecule has 12 nitrogen and oxygen atoms in total. The molecule has 12 heteroatoms. The van der Waals surface area contributed by atoms with Gasteiger partial charge in [-0.15, -0.1) is 0 Å². The number of carbonyl (C=O) groups is 4. The molecule has 3 aliphatic rings. The van der Waals surface area contributed by atoms with E-state index < -0.39 is 23.8 Å². The Morgan fingerprint density at radius 3 is 2.44 bits per heavy atom. The minimum absolute atomic E-state index is 0.0218. The molecule has 196 valence electrons. The van der Waals surface area contributed by atoms with Crippen LogP contribution in [0.25, 0.3) is 16.8 Å². The van der Waals surface area contributed by atoms with E-state index in [1.54, 1.807) is 12.1 Å². The summed E-state index contributed by atoms with van der Waals surface area (Å²) < 4.78 is 1.99. The summed E-state index contributed by atoms with van der Waals surface area (Å²) in [5, 5.41) is 3.99. The number of imidazole rings is 1. The summed E-state index contributed by atoms with van der Waals surface area (Å²) in [6.07, 6.45) is 2.04. The number of amides is 5. The van der Waals surface area contributed by atoms with Gasteiger partial charge in [0.15, 0.2) is 0 Å². The van der Waals surface area contributed by atoms with Gasteiger partial charge in [0.25, 0.3) is 11.8 Å². The third kappa shape index (κ3) is 3.87. The average Bonchev–Trinajstić information content (AvgIpc) is 3.43. The number of benzene rings is 2. The first-order chi connectivity index (χ1) is 19.0. The molecule has 5 heterocycles. The summed E-state index contributed by atoms with van der Waals surface area (Å²) >= 11 is 0. The van der Waals surface area contributed by atoms with Crippen molar-refractivity contribution in [2.24, 2.45) is 0 Å². The Hall–Kier alpha value is -4.84. The van der Waals surface area contributed by atoms with E-state index in [1.807, 2.05) is 47.0 Å². The molecule has 0 atom stereocenters. The van der Waals surface area contributed by atoms with Crippen LogP contribution in [0.15, 0.2) is 54.7 Å². The number of hydrogen-bond acceptors (Lipinski definition) is 8. The van der Waals surface area contributed by atoms with Crippen LogP contribution in [-0.2, 0) is 11.3 Å². The molecule has 2 saturated heterocycles. The van der Waals surface area contributed by atoms with Gasteiger partial charge in [0.05, 0.1) is 28.7 Å². The van der Waals surface area contributed by atoms with Crippen molar-refractivity contribution in [2.75, 3.05) is 37.6 Å². The fraction of sp³-hybridized carbons (Fsp3) is 0.259. The van der Waals surface area contributed by atoms with Gasteiger partial charge >= 0.3 is 6.03 Å². The van der Waals surface area contributed by atoms with E-state index >= 15 is 0 Å². The number of carbonyl (C=O) groups excluding carboxylic acids is 4. The lowest BCUT2D eigenvalue weighted by atomic mass is 10.1. The maximum atomic E-state index is 13.1. The molecule has 5 amide bonds. The van der Waals surface area contributed by atoms with E-state index in [1.165, 1.54) is 0 Å². The topological polar surface area (TPSA) is 123 Å². The van der Waals surface area contributed by atoms with Crippen LogP contribution in [0.3, 0.4) is 0 Å². The fourth-order valence-corrected chi connectivity index (χ4v) is 5.45. The predicted octanol–water partition coefficient (Wildman–Crippen LogP) is 1.66. The van der Waals surface area contributed by atoms with Crippen LogP contribution in [0.5, 0.6) is 0 Å². The molecule has 0 unspecified atom stereocenters. The molecule has 4 aromatic rings. The zero-order chi connectivity index (χ0) is 26.7. The Balaban J connectivity index is 1.02. The first kappa shape index (κ1) is 23.3. The number of nitrogens with one attached hydrogen (secondary N) is 1. The molecule has 3 aliphatic heterocycles. The molecule has 39 heavy (non-hydrogen) atoms. The number of rotatable bonds is 4. The highest BCUT2D eigenvalue weighted by Gasteiger charge is 2.43. The van der Waals surface area contributed by atoms with E-state index in [0.717, 1.165) is 58.6 Å². The van der Waals surface area contributed by atoms with Crippen LogP contribution in [0.1, 0.15) is 32.7 Å². The number of hydrogen-bond donors (Lipinski definition) is 1. The number of hydrazine groups is 1. The zero-order valence-corrected chi connectivity index (χ0v) is 20.9. The zero-order valence-electron chi connectivity index (χ0n) is 20.9. The van der Waals surface area contributed by atoms with Crippen molar-refractivity contribution < 1.29 is 19.2 Å². The molecule has 2 aromatic heterocycles. The number of para-hydroxylation sites is 2. The maximum absolute atomic E-state index is 13.1. The first-order valence-corrected chi connectivity index (χ1v) is 12.8. The second kappa shape index (κ2) is 8.88. The van der Waals surface area contributed by atoms with Crippen LogP contribution in [-0.4, -0.2) is 85.8 Å². The van der Waals surface area contributed by atoms with Gasteiger partial charge in [-0.3, -0.25) is 29.0 Å². The highest BCUT2D eigenvalue weighted by Crippen LogP contribution is 2.27. The lowest BCUT2D eigenvalue weighted by Crippen LogP contribution is -2.58. The monoisotopic (exact) mass is 524 g/mol. The Morgan fingerprint density at radius 2 is 1.62 bits per heavy atom. The standard InChI is InChI=1S/C27H24N8O4/c36-23-8-10-34(27(39)30-23)35-24(37)18-6-5-17(15-19(18)25(35)38)16-31-11-13-32(14-12-31)22-7-9-33-21-4-2-1-3-20(21)28-26(33)29-22/h1-7,9,15H,8,10-14,16H2,(H,30,36,39). The summed E-state index contributed by atoms with van der Waals surface area (Å²) in [5.41, 5.74) is 3.38. The van der Waals surface area contributed by atoms with Gasteiger partial charge in [0.1, 0.15) is 5.82 Å². The molecule has 7 rings (SSSR count). The van der Waals surface area contributed by atoms with Gasteiger partial charge in [0, 0.05) is 45.3 Å². The van der Waals surface area contributed by atoms with Crippen LogP contribution in [0.4, 0.5) is 10.6 Å². The van der Waals surface area contributed by atoms with Crippen LogP contribution >= 0.6 is 0 Å². The SMILES string of the molecule is O=C1CCN(N2C(=O)c3ccc(CN4CCN(c5ccn6c(n5)nc5ccccc56)CC4)cc3C2=O)C(=O)N1. The molecule has 1 N–H and O–H groups in total. The lowest BCUT2D eigenvalue weighted by Gasteiger charge is -2.35. The van der Waals surface area contributed by atoms with Crippen molar-refractivity contribution in [1.82, 2.24) is 34.6 Å². The largest absolute Gasteiger partial charge is 0.354 e. The smallest absolute Gasteiger partial charge is 0.343 e. The van der Waals surface area contributed by atoms with Crippen molar-refractivity contribution in [3.63, 3.8) is 0 Å². The summed E-state index contributed by atoms with van der Waals surface area (Å²) in [5.74, 6) is 0.0225. The minimum atomic E-state index is -0.770. The first-order valence-electron chi connectivity index (χ1n) is 12.8. The minimum Gasteiger partial charge on any atom is -0.354 e. The normalized spacial score (nSPS) is 18.4. The molecule has 0 saturated carbocycles. The average molecular weight is 525 g/mol. The van der Waals surface area contributed by atoms with E-state index in [0.29, 0.717) is 12.3 Å². The summed E-state index contributed by atoms with van der Waals surface area (Å²) in [6.45, 7) is 3.80.